The Labute approximate surface area is 115 Å². The number of rotatable bonds is 7. The molecule has 20 heavy (non-hydrogen) atoms. The molecule has 0 unspecified atom stereocenters. The second-order valence-corrected chi connectivity index (χ2v) is 5.41. The maximum absolute atomic E-state index is 11.9. The normalized spacial score (nSPS) is 11.1. The van der Waals surface area contributed by atoms with E-state index in [2.05, 4.69) is 9.46 Å². The minimum Gasteiger partial charge on any atom is -0.466 e. The number of ether oxygens (including phenoxy) is 1. The van der Waals surface area contributed by atoms with Crippen molar-refractivity contribution in [3.8, 4) is 0 Å². The average molecular weight is 302 g/mol. The fraction of sp³-hybridized carbons (Fsp3) is 0.364. The molecule has 0 saturated carbocycles. The first kappa shape index (κ1) is 16.1. The van der Waals surface area contributed by atoms with Crippen LogP contribution in [0.2, 0.25) is 0 Å². The Morgan fingerprint density at radius 2 is 2.05 bits per heavy atom. The highest BCUT2D eigenvalue weighted by molar-refractivity contribution is 7.89. The summed E-state index contributed by atoms with van der Waals surface area (Å²) in [5, 5.41) is 10.8. The van der Waals surface area contributed by atoms with E-state index < -0.39 is 31.5 Å². The quantitative estimate of drug-likeness (QED) is 0.453. The third-order valence-electron chi connectivity index (χ3n) is 2.28. The molecule has 0 aliphatic carbocycles. The van der Waals surface area contributed by atoms with Crippen LogP contribution in [0, 0.1) is 10.1 Å². The monoisotopic (exact) mass is 302 g/mol. The fourth-order valence-electron chi connectivity index (χ4n) is 1.43. The molecule has 0 amide bonds. The van der Waals surface area contributed by atoms with Crippen molar-refractivity contribution in [1.82, 2.24) is 4.72 Å². The van der Waals surface area contributed by atoms with Gasteiger partial charge in [-0.15, -0.1) is 0 Å². The van der Waals surface area contributed by atoms with Gasteiger partial charge in [0.1, 0.15) is 0 Å². The van der Waals surface area contributed by atoms with Crippen molar-refractivity contribution >= 4 is 21.7 Å². The second-order valence-electron chi connectivity index (χ2n) is 3.68. The van der Waals surface area contributed by atoms with E-state index in [-0.39, 0.29) is 19.6 Å². The molecule has 110 valence electrons. The van der Waals surface area contributed by atoms with Crippen molar-refractivity contribution < 1.29 is 22.9 Å². The molecule has 0 aromatic heterocycles. The number of benzene rings is 1. The molecule has 0 aliphatic heterocycles. The predicted molar refractivity (Wildman–Crippen MR) is 69.5 cm³/mol. The maximum Gasteiger partial charge on any atom is 0.307 e. The first-order chi connectivity index (χ1) is 9.38. The lowest BCUT2D eigenvalue weighted by molar-refractivity contribution is -0.387. The zero-order valence-corrected chi connectivity index (χ0v) is 11.6. The Balaban J connectivity index is 2.80. The number of hydrogen-bond donors (Lipinski definition) is 1. The van der Waals surface area contributed by atoms with Crippen LogP contribution in [0.4, 0.5) is 5.69 Å². The van der Waals surface area contributed by atoms with Crippen LogP contribution in [0.3, 0.4) is 0 Å². The molecule has 9 heteroatoms. The van der Waals surface area contributed by atoms with Crippen molar-refractivity contribution in [2.75, 3.05) is 13.2 Å². The van der Waals surface area contributed by atoms with Crippen molar-refractivity contribution in [3.63, 3.8) is 0 Å². The molecule has 0 bridgehead atoms. The van der Waals surface area contributed by atoms with Gasteiger partial charge in [-0.05, 0) is 13.0 Å². The fourth-order valence-corrected chi connectivity index (χ4v) is 2.64. The number of esters is 1. The second kappa shape index (κ2) is 6.96. The number of nitro groups is 1. The number of nitrogens with one attached hydrogen (secondary N) is 1. The molecule has 8 nitrogen and oxygen atoms in total. The highest BCUT2D eigenvalue weighted by Gasteiger charge is 2.24. The molecule has 1 aromatic rings. The van der Waals surface area contributed by atoms with E-state index >= 15 is 0 Å². The van der Waals surface area contributed by atoms with E-state index in [0.717, 1.165) is 12.1 Å². The summed E-state index contributed by atoms with van der Waals surface area (Å²) in [4.78, 5) is 20.6. The Bertz CT molecular complexity index is 599. The molecule has 0 aliphatic rings. The lowest BCUT2D eigenvalue weighted by Crippen LogP contribution is -2.27. The van der Waals surface area contributed by atoms with Crippen LogP contribution < -0.4 is 4.72 Å². The maximum atomic E-state index is 11.9. The molecule has 0 spiro atoms. The summed E-state index contributed by atoms with van der Waals surface area (Å²) in [6.45, 7) is 1.65. The molecule has 0 fully saturated rings. The topological polar surface area (TPSA) is 116 Å². The summed E-state index contributed by atoms with van der Waals surface area (Å²) in [6.07, 6.45) is -0.145. The van der Waals surface area contributed by atoms with E-state index in [1.54, 1.807) is 6.92 Å². The van der Waals surface area contributed by atoms with Gasteiger partial charge in [-0.3, -0.25) is 14.9 Å². The number of hydrogen-bond acceptors (Lipinski definition) is 6. The highest BCUT2D eigenvalue weighted by atomic mass is 32.2. The van der Waals surface area contributed by atoms with Crippen LogP contribution >= 0.6 is 0 Å². The third-order valence-corrected chi connectivity index (χ3v) is 3.79. The van der Waals surface area contributed by atoms with Crippen molar-refractivity contribution in [2.45, 2.75) is 18.2 Å². The lowest BCUT2D eigenvalue weighted by Gasteiger charge is -2.06. The van der Waals surface area contributed by atoms with E-state index in [9.17, 15) is 23.3 Å². The van der Waals surface area contributed by atoms with Gasteiger partial charge in [-0.2, -0.15) is 0 Å². The summed E-state index contributed by atoms with van der Waals surface area (Å²) in [6, 6.07) is 4.98. The summed E-state index contributed by atoms with van der Waals surface area (Å²) in [5.41, 5.74) is -0.517. The van der Waals surface area contributed by atoms with Crippen LogP contribution in [0.15, 0.2) is 29.2 Å². The third kappa shape index (κ3) is 4.28. The van der Waals surface area contributed by atoms with Crippen LogP contribution in [0.25, 0.3) is 0 Å². The van der Waals surface area contributed by atoms with Crippen molar-refractivity contribution in [1.29, 1.82) is 0 Å². The molecule has 0 atom stereocenters. The molecular weight excluding hydrogens is 288 g/mol. The molecule has 1 rings (SSSR count). The van der Waals surface area contributed by atoms with Crippen molar-refractivity contribution in [3.05, 3.63) is 34.4 Å². The molecule has 1 aromatic carbocycles. The van der Waals surface area contributed by atoms with Gasteiger partial charge in [-0.25, -0.2) is 13.1 Å². The largest absolute Gasteiger partial charge is 0.466 e. The molecule has 1 N–H and O–H groups in total. The average Bonchev–Trinajstić information content (AvgIpc) is 2.38. The van der Waals surface area contributed by atoms with Gasteiger partial charge in [0.05, 0.1) is 18.0 Å². The van der Waals surface area contributed by atoms with E-state index in [1.165, 1.54) is 12.1 Å². The van der Waals surface area contributed by atoms with E-state index in [1.807, 2.05) is 0 Å². The Kier molecular flexibility index (Phi) is 5.59. The lowest BCUT2D eigenvalue weighted by atomic mass is 10.3. The first-order valence-electron chi connectivity index (χ1n) is 5.77. The van der Waals surface area contributed by atoms with Gasteiger partial charge < -0.3 is 4.74 Å². The smallest absolute Gasteiger partial charge is 0.307 e. The summed E-state index contributed by atoms with van der Waals surface area (Å²) in [5.74, 6) is -0.544. The molecular formula is C11H14N2O6S. The SMILES string of the molecule is CCOC(=O)CCNS(=O)(=O)c1ccccc1[N+](=O)[O-]. The minimum absolute atomic E-state index is 0.145. The zero-order chi connectivity index (χ0) is 15.2. The Morgan fingerprint density at radius 3 is 2.65 bits per heavy atom. The summed E-state index contributed by atoms with van der Waals surface area (Å²) in [7, 11) is -4.05. The minimum atomic E-state index is -4.05. The van der Waals surface area contributed by atoms with E-state index in [4.69, 9.17) is 0 Å². The Hall–Kier alpha value is -2.00. The van der Waals surface area contributed by atoms with Crippen LogP contribution in [0.1, 0.15) is 13.3 Å². The molecule has 0 heterocycles. The van der Waals surface area contributed by atoms with E-state index in [0.29, 0.717) is 0 Å². The highest BCUT2D eigenvalue weighted by Crippen LogP contribution is 2.22. The van der Waals surface area contributed by atoms with Gasteiger partial charge in [0.15, 0.2) is 4.90 Å². The number of nitro benzene ring substituents is 1. The van der Waals surface area contributed by atoms with Crippen LogP contribution in [0.5, 0.6) is 0 Å². The number of carbonyl (C=O) groups excluding carboxylic acids is 1. The number of carbonyl (C=O) groups is 1. The van der Waals surface area contributed by atoms with Crippen LogP contribution in [-0.2, 0) is 19.6 Å². The number of para-hydroxylation sites is 1. The summed E-state index contributed by atoms with van der Waals surface area (Å²) < 4.78 is 30.6. The zero-order valence-electron chi connectivity index (χ0n) is 10.7. The number of nitrogens with zero attached hydrogens (tertiary/aromatic N) is 1. The standard InChI is InChI=1S/C11H14N2O6S/c1-2-19-11(14)7-8-12-20(17,18)10-6-4-3-5-9(10)13(15)16/h3-6,12H,2,7-8H2,1H3. The van der Waals surface area contributed by atoms with Crippen molar-refractivity contribution in [2.24, 2.45) is 0 Å². The van der Waals surface area contributed by atoms with Gasteiger partial charge in [0.25, 0.3) is 5.69 Å². The molecule has 0 radical (unpaired) electrons. The Morgan fingerprint density at radius 1 is 1.40 bits per heavy atom. The van der Waals surface area contributed by atoms with Crippen LogP contribution in [-0.4, -0.2) is 32.5 Å². The van der Waals surface area contributed by atoms with Gasteiger partial charge in [0, 0.05) is 12.6 Å². The van der Waals surface area contributed by atoms with Gasteiger partial charge >= 0.3 is 5.97 Å². The first-order valence-corrected chi connectivity index (χ1v) is 7.25. The van der Waals surface area contributed by atoms with Gasteiger partial charge in [-0.1, -0.05) is 12.1 Å². The predicted octanol–water partition coefficient (Wildman–Crippen LogP) is 0.826. The number of sulfonamides is 1. The van der Waals surface area contributed by atoms with Gasteiger partial charge in [0.2, 0.25) is 10.0 Å². The molecule has 0 saturated heterocycles. The summed E-state index contributed by atoms with van der Waals surface area (Å²) >= 11 is 0.